The molecule has 1 atom stereocenters. The van der Waals surface area contributed by atoms with Gasteiger partial charge in [0.25, 0.3) is 0 Å². The van der Waals surface area contributed by atoms with Gasteiger partial charge in [-0.2, -0.15) is 0 Å². The Morgan fingerprint density at radius 3 is 3.07 bits per heavy atom. The number of amides is 2. The Hall–Kier alpha value is -1.14. The molecular formula is C9H18N4O2. The van der Waals surface area contributed by atoms with Crippen LogP contribution in [0.1, 0.15) is 13.3 Å². The van der Waals surface area contributed by atoms with Crippen LogP contribution in [0.2, 0.25) is 0 Å². The summed E-state index contributed by atoms with van der Waals surface area (Å²) in [7, 11) is 0. The predicted molar refractivity (Wildman–Crippen MR) is 55.6 cm³/mol. The summed E-state index contributed by atoms with van der Waals surface area (Å²) in [6.07, 6.45) is 0.497. The topological polar surface area (TPSA) is 87.5 Å². The number of hydrogen-bond donors (Lipinski definition) is 3. The smallest absolute Gasteiger partial charge is 0.237 e. The van der Waals surface area contributed by atoms with Gasteiger partial charge in [0.2, 0.25) is 11.8 Å². The van der Waals surface area contributed by atoms with E-state index in [9.17, 15) is 9.59 Å². The Kier molecular flexibility index (Phi) is 4.51. The monoisotopic (exact) mass is 214 g/mol. The lowest BCUT2D eigenvalue weighted by atomic mass is 10.1. The number of carbonyl (C=O) groups excluding carboxylic acids is 2. The van der Waals surface area contributed by atoms with Crippen LogP contribution in [0.4, 0.5) is 0 Å². The van der Waals surface area contributed by atoms with Gasteiger partial charge in [-0.15, -0.1) is 0 Å². The Morgan fingerprint density at radius 1 is 1.67 bits per heavy atom. The van der Waals surface area contributed by atoms with E-state index in [1.165, 1.54) is 0 Å². The van der Waals surface area contributed by atoms with E-state index in [1.54, 1.807) is 0 Å². The molecular weight excluding hydrogens is 196 g/mol. The van der Waals surface area contributed by atoms with E-state index in [0.717, 1.165) is 6.54 Å². The quantitative estimate of drug-likeness (QED) is 0.301. The molecule has 0 radical (unpaired) electrons. The number of hydrazine groups is 1. The van der Waals surface area contributed by atoms with Gasteiger partial charge in [0.15, 0.2) is 0 Å². The number of rotatable bonds is 3. The van der Waals surface area contributed by atoms with Gasteiger partial charge in [0.05, 0.1) is 0 Å². The van der Waals surface area contributed by atoms with Crippen LogP contribution in [0.15, 0.2) is 0 Å². The summed E-state index contributed by atoms with van der Waals surface area (Å²) in [6.45, 7) is 4.60. The van der Waals surface area contributed by atoms with Crippen LogP contribution in [0.25, 0.3) is 0 Å². The van der Waals surface area contributed by atoms with Gasteiger partial charge < -0.3 is 10.2 Å². The molecule has 0 aromatic heterocycles. The van der Waals surface area contributed by atoms with Crippen molar-refractivity contribution in [2.24, 2.45) is 11.8 Å². The summed E-state index contributed by atoms with van der Waals surface area (Å²) in [5.74, 6) is 4.81. The van der Waals surface area contributed by atoms with Crippen LogP contribution < -0.4 is 16.6 Å². The summed E-state index contributed by atoms with van der Waals surface area (Å²) in [6, 6.07) is 0. The van der Waals surface area contributed by atoms with Gasteiger partial charge in [-0.25, -0.2) is 5.84 Å². The lowest BCUT2D eigenvalue weighted by molar-refractivity contribution is -0.125. The third kappa shape index (κ3) is 3.85. The van der Waals surface area contributed by atoms with Gasteiger partial charge in [-0.3, -0.25) is 15.0 Å². The maximum absolute atomic E-state index is 11.2. The second kappa shape index (κ2) is 5.67. The van der Waals surface area contributed by atoms with Crippen LogP contribution in [-0.4, -0.2) is 42.9 Å². The molecule has 1 unspecified atom stereocenters. The van der Waals surface area contributed by atoms with E-state index in [2.05, 4.69) is 15.6 Å². The van der Waals surface area contributed by atoms with E-state index in [4.69, 9.17) is 5.84 Å². The van der Waals surface area contributed by atoms with Crippen molar-refractivity contribution in [1.29, 1.82) is 0 Å². The Balaban J connectivity index is 2.37. The molecule has 1 rings (SSSR count). The molecule has 86 valence electrons. The fourth-order valence-corrected chi connectivity index (χ4v) is 1.61. The van der Waals surface area contributed by atoms with Gasteiger partial charge in [0.1, 0.15) is 0 Å². The molecule has 1 aliphatic heterocycles. The molecule has 6 heteroatoms. The van der Waals surface area contributed by atoms with Crippen molar-refractivity contribution in [3.05, 3.63) is 0 Å². The summed E-state index contributed by atoms with van der Waals surface area (Å²) in [4.78, 5) is 24.4. The van der Waals surface area contributed by atoms with Crippen LogP contribution in [0, 0.1) is 5.92 Å². The van der Waals surface area contributed by atoms with Gasteiger partial charge >= 0.3 is 0 Å². The highest BCUT2D eigenvalue weighted by Crippen LogP contribution is 2.02. The third-order valence-corrected chi connectivity index (χ3v) is 2.53. The first-order valence-electron chi connectivity index (χ1n) is 5.13. The number of nitrogens with two attached hydrogens (primary N) is 1. The first-order chi connectivity index (χ1) is 7.13. The molecule has 15 heavy (non-hydrogen) atoms. The standard InChI is InChI=1S/C9H18N4O2/c1-7(9(15)12-10)6-13-4-2-8(14)11-3-5-13/h7H,2-6,10H2,1H3,(H,11,14)(H,12,15). The molecule has 0 bridgehead atoms. The maximum atomic E-state index is 11.2. The molecule has 0 aromatic carbocycles. The molecule has 1 fully saturated rings. The highest BCUT2D eigenvalue weighted by atomic mass is 16.2. The fourth-order valence-electron chi connectivity index (χ4n) is 1.61. The van der Waals surface area contributed by atoms with Crippen LogP contribution >= 0.6 is 0 Å². The van der Waals surface area contributed by atoms with Crippen molar-refractivity contribution in [2.75, 3.05) is 26.2 Å². The van der Waals surface area contributed by atoms with E-state index >= 15 is 0 Å². The molecule has 0 saturated carbocycles. The number of nitrogens with zero attached hydrogens (tertiary/aromatic N) is 1. The SMILES string of the molecule is CC(CN1CCNC(=O)CC1)C(=O)NN. The summed E-state index contributed by atoms with van der Waals surface area (Å²) in [5, 5.41) is 2.79. The summed E-state index contributed by atoms with van der Waals surface area (Å²) >= 11 is 0. The summed E-state index contributed by atoms with van der Waals surface area (Å²) < 4.78 is 0. The van der Waals surface area contributed by atoms with E-state index < -0.39 is 0 Å². The minimum atomic E-state index is -0.168. The van der Waals surface area contributed by atoms with E-state index in [1.807, 2.05) is 6.92 Å². The Labute approximate surface area is 89.1 Å². The Bertz CT molecular complexity index is 244. The largest absolute Gasteiger partial charge is 0.355 e. The van der Waals surface area contributed by atoms with Crippen molar-refractivity contribution < 1.29 is 9.59 Å². The zero-order chi connectivity index (χ0) is 11.3. The average molecular weight is 214 g/mol. The summed E-state index contributed by atoms with van der Waals surface area (Å²) in [5.41, 5.74) is 2.13. The lowest BCUT2D eigenvalue weighted by Crippen LogP contribution is -2.41. The minimum absolute atomic E-state index is 0.0772. The number of hydrogen-bond acceptors (Lipinski definition) is 4. The molecule has 0 aliphatic carbocycles. The fraction of sp³-hybridized carbons (Fsp3) is 0.778. The molecule has 6 nitrogen and oxygen atoms in total. The second-order valence-corrected chi connectivity index (χ2v) is 3.81. The van der Waals surface area contributed by atoms with E-state index in [0.29, 0.717) is 26.1 Å². The molecule has 0 aromatic rings. The highest BCUT2D eigenvalue weighted by molar-refractivity contribution is 5.78. The van der Waals surface area contributed by atoms with E-state index in [-0.39, 0.29) is 17.7 Å². The predicted octanol–water partition coefficient (Wildman–Crippen LogP) is -1.57. The van der Waals surface area contributed by atoms with Crippen LogP contribution in [0.5, 0.6) is 0 Å². The number of carbonyl (C=O) groups is 2. The zero-order valence-electron chi connectivity index (χ0n) is 8.95. The van der Waals surface area contributed by atoms with Crippen molar-refractivity contribution in [3.8, 4) is 0 Å². The van der Waals surface area contributed by atoms with Crippen LogP contribution in [0.3, 0.4) is 0 Å². The molecule has 0 spiro atoms. The first-order valence-corrected chi connectivity index (χ1v) is 5.13. The molecule has 1 saturated heterocycles. The van der Waals surface area contributed by atoms with Crippen molar-refractivity contribution >= 4 is 11.8 Å². The highest BCUT2D eigenvalue weighted by Gasteiger charge is 2.18. The van der Waals surface area contributed by atoms with Crippen molar-refractivity contribution in [2.45, 2.75) is 13.3 Å². The zero-order valence-corrected chi connectivity index (χ0v) is 8.95. The van der Waals surface area contributed by atoms with Gasteiger partial charge in [-0.1, -0.05) is 6.92 Å². The van der Waals surface area contributed by atoms with Crippen molar-refractivity contribution in [3.63, 3.8) is 0 Å². The van der Waals surface area contributed by atoms with Crippen LogP contribution in [-0.2, 0) is 9.59 Å². The van der Waals surface area contributed by atoms with Gasteiger partial charge in [0, 0.05) is 38.5 Å². The Morgan fingerprint density at radius 2 is 2.40 bits per heavy atom. The average Bonchev–Trinajstić information content (AvgIpc) is 2.42. The first kappa shape index (κ1) is 11.9. The molecule has 4 N–H and O–H groups in total. The van der Waals surface area contributed by atoms with Crippen molar-refractivity contribution in [1.82, 2.24) is 15.6 Å². The van der Waals surface area contributed by atoms with Gasteiger partial charge in [-0.05, 0) is 0 Å². The lowest BCUT2D eigenvalue weighted by Gasteiger charge is -2.22. The molecule has 2 amide bonds. The normalized spacial score (nSPS) is 20.3. The maximum Gasteiger partial charge on any atom is 0.237 e. The minimum Gasteiger partial charge on any atom is -0.355 e. The molecule has 1 heterocycles. The molecule has 1 aliphatic rings. The number of nitrogens with one attached hydrogen (secondary N) is 2. The second-order valence-electron chi connectivity index (χ2n) is 3.81. The third-order valence-electron chi connectivity index (χ3n) is 2.53.